The lowest BCUT2D eigenvalue weighted by Crippen LogP contribution is -2.39. The summed E-state index contributed by atoms with van der Waals surface area (Å²) in [4.78, 5) is 11.2. The van der Waals surface area contributed by atoms with Gasteiger partial charge in [-0.25, -0.2) is 17.1 Å². The molecule has 0 aromatic heterocycles. The molecule has 1 fully saturated rings. The monoisotopic (exact) mass is 623 g/mol. The Hall–Kier alpha value is -3.47. The summed E-state index contributed by atoms with van der Waals surface area (Å²) < 4.78 is 58.7. The minimum atomic E-state index is -3.15. The van der Waals surface area contributed by atoms with E-state index in [1.165, 1.54) is 16.6 Å². The fourth-order valence-corrected chi connectivity index (χ4v) is 7.82. The first-order chi connectivity index (χ1) is 21.0. The second-order valence-corrected chi connectivity index (χ2v) is 14.2. The molecule has 10 heteroatoms. The van der Waals surface area contributed by atoms with E-state index in [0.29, 0.717) is 56.4 Å². The molecule has 44 heavy (non-hydrogen) atoms. The van der Waals surface area contributed by atoms with E-state index in [1.807, 2.05) is 50.2 Å². The zero-order chi connectivity index (χ0) is 31.2. The molecule has 0 spiro atoms. The molecule has 0 radical (unpaired) electrons. The molecule has 0 bridgehead atoms. The molecular formula is C34H38FNO7S. The highest BCUT2D eigenvalue weighted by Crippen LogP contribution is 2.44. The molecular weight excluding hydrogens is 585 g/mol. The molecule has 6 rings (SSSR count). The van der Waals surface area contributed by atoms with Gasteiger partial charge in [-0.1, -0.05) is 12.1 Å². The predicted molar refractivity (Wildman–Crippen MR) is 164 cm³/mol. The van der Waals surface area contributed by atoms with Crippen molar-refractivity contribution in [3.63, 3.8) is 0 Å². The van der Waals surface area contributed by atoms with Crippen molar-refractivity contribution in [3.8, 4) is 22.6 Å². The summed E-state index contributed by atoms with van der Waals surface area (Å²) in [5, 5.41) is 9.15. The quantitative estimate of drug-likeness (QED) is 0.300. The first-order valence-electron chi connectivity index (χ1n) is 15.1. The van der Waals surface area contributed by atoms with Crippen molar-refractivity contribution >= 4 is 16.0 Å². The van der Waals surface area contributed by atoms with Crippen LogP contribution in [0.2, 0.25) is 0 Å². The first kappa shape index (κ1) is 30.6. The minimum Gasteiger partial charge on any atom is -0.493 e. The van der Waals surface area contributed by atoms with Crippen molar-refractivity contribution in [2.75, 3.05) is 26.0 Å². The molecule has 8 nitrogen and oxygen atoms in total. The van der Waals surface area contributed by atoms with E-state index in [4.69, 9.17) is 19.3 Å². The van der Waals surface area contributed by atoms with E-state index in [1.54, 1.807) is 0 Å². The van der Waals surface area contributed by atoms with Crippen LogP contribution in [-0.4, -0.2) is 49.8 Å². The van der Waals surface area contributed by atoms with Crippen LogP contribution in [0.15, 0.2) is 42.5 Å². The van der Waals surface area contributed by atoms with Crippen LogP contribution in [0, 0.1) is 25.6 Å². The van der Waals surface area contributed by atoms with Gasteiger partial charge in [-0.05, 0) is 115 Å². The average Bonchev–Trinajstić information content (AvgIpc) is 3.57. The van der Waals surface area contributed by atoms with E-state index >= 15 is 4.39 Å². The van der Waals surface area contributed by atoms with Crippen molar-refractivity contribution < 1.29 is 36.9 Å². The Labute approximate surface area is 257 Å². The number of benzene rings is 3. The van der Waals surface area contributed by atoms with Gasteiger partial charge in [0.25, 0.3) is 0 Å². The second kappa shape index (κ2) is 12.1. The van der Waals surface area contributed by atoms with Crippen molar-refractivity contribution in [2.45, 2.75) is 64.8 Å². The van der Waals surface area contributed by atoms with E-state index in [9.17, 15) is 13.2 Å². The summed E-state index contributed by atoms with van der Waals surface area (Å²) in [6, 6.07) is 13.0. The number of sulfonamides is 1. The van der Waals surface area contributed by atoms with Crippen LogP contribution in [0.1, 0.15) is 71.3 Å². The van der Waals surface area contributed by atoms with Gasteiger partial charge in [0.1, 0.15) is 23.4 Å². The van der Waals surface area contributed by atoms with Crippen molar-refractivity contribution in [1.82, 2.24) is 4.31 Å². The molecule has 3 aliphatic rings. The van der Waals surface area contributed by atoms with Gasteiger partial charge in [0.15, 0.2) is 0 Å². The lowest BCUT2D eigenvalue weighted by atomic mass is 9.90. The summed E-state index contributed by atoms with van der Waals surface area (Å²) in [6.07, 6.45) is 3.16. The van der Waals surface area contributed by atoms with E-state index in [2.05, 4.69) is 0 Å². The predicted octanol–water partition coefficient (Wildman–Crippen LogP) is 6.27. The fourth-order valence-electron chi connectivity index (χ4n) is 6.95. The number of carbonyl (C=O) groups is 1. The normalized spacial score (nSPS) is 20.4. The number of rotatable bonds is 9. The minimum absolute atomic E-state index is 0.0875. The number of carboxylic acids is 1. The molecule has 3 aromatic rings. The van der Waals surface area contributed by atoms with Crippen LogP contribution in [0.3, 0.4) is 0 Å². The van der Waals surface area contributed by atoms with Crippen LogP contribution in [0.5, 0.6) is 11.5 Å². The Balaban J connectivity index is 1.17. The maximum atomic E-state index is 15.4. The zero-order valence-electron chi connectivity index (χ0n) is 25.3. The number of ether oxygens (including phenoxy) is 3. The fraction of sp³-hybridized carbons (Fsp3) is 0.441. The zero-order valence-corrected chi connectivity index (χ0v) is 26.1. The number of nitrogens with zero attached hydrogens (tertiary/aromatic N) is 1. The standard InChI is InChI=1S/C34H38FNO7S/c1-20-14-25(41-18-22-10-12-36(13-11-22)44(3,39)40)15-21(2)33(20)27-6-8-29(35)34-28(27)7-9-30(34)43-24-4-5-26-23(16-24)19-42-31(26)17-32(37)38/h4-6,8,14-16,22,30-31H,7,9-13,17-19H2,1-3H3,(H,37,38)/t30-,31+/m1/s1. The summed E-state index contributed by atoms with van der Waals surface area (Å²) >= 11 is 0. The molecule has 2 atom stereocenters. The van der Waals surface area contributed by atoms with Crippen molar-refractivity contribution in [3.05, 3.63) is 81.7 Å². The topological polar surface area (TPSA) is 102 Å². The Morgan fingerprint density at radius 3 is 2.45 bits per heavy atom. The van der Waals surface area contributed by atoms with Gasteiger partial charge in [0.2, 0.25) is 10.0 Å². The number of hydrogen-bond donors (Lipinski definition) is 1. The number of hydrogen-bond acceptors (Lipinski definition) is 6. The van der Waals surface area contributed by atoms with Gasteiger partial charge in [0.05, 0.1) is 32.0 Å². The lowest BCUT2D eigenvalue weighted by Gasteiger charge is -2.30. The van der Waals surface area contributed by atoms with Gasteiger partial charge in [0, 0.05) is 18.7 Å². The molecule has 234 valence electrons. The summed E-state index contributed by atoms with van der Waals surface area (Å²) in [5.74, 6) is 0.501. The van der Waals surface area contributed by atoms with E-state index in [0.717, 1.165) is 57.5 Å². The summed E-state index contributed by atoms with van der Waals surface area (Å²) in [5.41, 5.74) is 7.45. The largest absolute Gasteiger partial charge is 0.493 e. The summed E-state index contributed by atoms with van der Waals surface area (Å²) in [7, 11) is -3.15. The molecule has 1 saturated heterocycles. The Kier molecular flexibility index (Phi) is 8.43. The number of aliphatic carboxylic acids is 1. The van der Waals surface area contributed by atoms with E-state index in [-0.39, 0.29) is 12.2 Å². The molecule has 2 heterocycles. The number of carboxylic acid groups (broad SMARTS) is 1. The third-order valence-corrected chi connectivity index (χ3v) is 10.4. The molecule has 2 aliphatic heterocycles. The maximum absolute atomic E-state index is 15.4. The molecule has 0 amide bonds. The number of piperidine rings is 1. The molecule has 0 saturated carbocycles. The molecule has 1 N–H and O–H groups in total. The first-order valence-corrected chi connectivity index (χ1v) is 17.0. The van der Waals surface area contributed by atoms with Crippen LogP contribution >= 0.6 is 0 Å². The van der Waals surface area contributed by atoms with Crippen LogP contribution in [0.4, 0.5) is 4.39 Å². The summed E-state index contributed by atoms with van der Waals surface area (Å²) in [6.45, 7) is 6.00. The van der Waals surface area contributed by atoms with Crippen LogP contribution < -0.4 is 9.47 Å². The van der Waals surface area contributed by atoms with E-state index < -0.39 is 28.2 Å². The smallest absolute Gasteiger partial charge is 0.306 e. The highest BCUT2D eigenvalue weighted by atomic mass is 32.2. The number of fused-ring (bicyclic) bond motifs is 2. The Bertz CT molecular complexity index is 1670. The van der Waals surface area contributed by atoms with Gasteiger partial charge >= 0.3 is 5.97 Å². The second-order valence-electron chi connectivity index (χ2n) is 12.2. The molecule has 0 unspecified atom stereocenters. The maximum Gasteiger partial charge on any atom is 0.306 e. The highest BCUT2D eigenvalue weighted by Gasteiger charge is 2.32. The third-order valence-electron chi connectivity index (χ3n) is 9.13. The Morgan fingerprint density at radius 1 is 1.05 bits per heavy atom. The Morgan fingerprint density at radius 2 is 1.77 bits per heavy atom. The average molecular weight is 624 g/mol. The number of aryl methyl sites for hydroxylation is 2. The van der Waals surface area contributed by atoms with Crippen molar-refractivity contribution in [1.29, 1.82) is 0 Å². The molecule has 1 aliphatic carbocycles. The van der Waals surface area contributed by atoms with Gasteiger partial charge in [-0.3, -0.25) is 4.79 Å². The molecule has 3 aromatic carbocycles. The highest BCUT2D eigenvalue weighted by molar-refractivity contribution is 7.88. The van der Waals surface area contributed by atoms with Crippen molar-refractivity contribution in [2.24, 2.45) is 5.92 Å². The van der Waals surface area contributed by atoms with Gasteiger partial charge in [-0.2, -0.15) is 0 Å². The van der Waals surface area contributed by atoms with Crippen LogP contribution in [-0.2, 0) is 32.6 Å². The number of halogens is 1. The lowest BCUT2D eigenvalue weighted by molar-refractivity contribution is -0.140. The van der Waals surface area contributed by atoms with Gasteiger partial charge < -0.3 is 19.3 Å². The third kappa shape index (κ3) is 6.20. The SMILES string of the molecule is Cc1cc(OCC2CCN(S(C)(=O)=O)CC2)cc(C)c1-c1ccc(F)c2c1CC[C@H]2Oc1ccc2c(c1)CO[C@H]2CC(=O)O. The van der Waals surface area contributed by atoms with Crippen LogP contribution in [0.25, 0.3) is 11.1 Å². The van der Waals surface area contributed by atoms with Gasteiger partial charge in [-0.15, -0.1) is 0 Å².